The number of rotatable bonds is 5. The van der Waals surface area contributed by atoms with E-state index < -0.39 is 5.54 Å². The van der Waals surface area contributed by atoms with Crippen molar-refractivity contribution in [3.05, 3.63) is 0 Å². The summed E-state index contributed by atoms with van der Waals surface area (Å²) in [6.07, 6.45) is 6.58. The minimum absolute atomic E-state index is 0.184. The molecular weight excluding hydrogens is 254 g/mol. The molecule has 2 rings (SSSR count). The molecule has 2 aliphatic rings. The molecule has 5 heteroatoms. The van der Waals surface area contributed by atoms with Crippen LogP contribution in [0.25, 0.3) is 0 Å². The summed E-state index contributed by atoms with van der Waals surface area (Å²) >= 11 is 0. The number of amides is 1. The molecule has 1 heterocycles. The van der Waals surface area contributed by atoms with Crippen LogP contribution in [0.2, 0.25) is 0 Å². The molecule has 0 aromatic rings. The van der Waals surface area contributed by atoms with Crippen LogP contribution in [0, 0.1) is 0 Å². The van der Waals surface area contributed by atoms with E-state index in [1.807, 2.05) is 6.92 Å². The molecule has 5 nitrogen and oxygen atoms in total. The molecule has 1 amide bonds. The van der Waals surface area contributed by atoms with Crippen LogP contribution in [0.4, 0.5) is 0 Å². The fourth-order valence-electron chi connectivity index (χ4n) is 3.84. The van der Waals surface area contributed by atoms with Crippen molar-refractivity contribution in [2.75, 3.05) is 26.7 Å². The van der Waals surface area contributed by atoms with Crippen LogP contribution in [0.1, 0.15) is 45.4 Å². The average molecular weight is 283 g/mol. The number of piperidine rings is 1. The van der Waals surface area contributed by atoms with Crippen LogP contribution < -0.4 is 11.1 Å². The highest BCUT2D eigenvalue weighted by Gasteiger charge is 2.42. The molecular formula is C15H29N3O2. The minimum Gasteiger partial charge on any atom is -0.381 e. The van der Waals surface area contributed by atoms with E-state index in [-0.39, 0.29) is 5.91 Å². The molecule has 1 aliphatic carbocycles. The number of methoxy groups -OCH3 is 1. The zero-order valence-corrected chi connectivity index (χ0v) is 12.9. The standard InChI is InChI=1S/C15H29N3O2/c1-3-17-15(14(16)19)8-4-5-12(11-15)18-9-6-13(20-2)7-10-18/h12-13,17H,3-11H2,1-2H3,(H2,16,19). The van der Waals surface area contributed by atoms with Crippen molar-refractivity contribution in [1.29, 1.82) is 0 Å². The Labute approximate surface area is 122 Å². The molecule has 0 bridgehead atoms. The molecule has 1 saturated carbocycles. The lowest BCUT2D eigenvalue weighted by Gasteiger charge is -2.45. The number of nitrogens with one attached hydrogen (secondary N) is 1. The first-order valence-electron chi connectivity index (χ1n) is 7.93. The van der Waals surface area contributed by atoms with Gasteiger partial charge in [0.15, 0.2) is 0 Å². The van der Waals surface area contributed by atoms with Crippen LogP contribution in [0.3, 0.4) is 0 Å². The van der Waals surface area contributed by atoms with Gasteiger partial charge in [-0.05, 0) is 45.1 Å². The predicted octanol–water partition coefficient (Wildman–Crippen LogP) is 0.873. The van der Waals surface area contributed by atoms with Gasteiger partial charge in [0, 0.05) is 26.2 Å². The molecule has 116 valence electrons. The van der Waals surface area contributed by atoms with Gasteiger partial charge in [-0.1, -0.05) is 6.92 Å². The average Bonchev–Trinajstić information content (AvgIpc) is 2.48. The second kappa shape index (κ2) is 6.87. The number of likely N-dealkylation sites (N-methyl/N-ethyl adjacent to an activating group) is 1. The van der Waals surface area contributed by atoms with Gasteiger partial charge in [0.25, 0.3) is 0 Å². The van der Waals surface area contributed by atoms with Crippen molar-refractivity contribution in [1.82, 2.24) is 10.2 Å². The van der Waals surface area contributed by atoms with Gasteiger partial charge in [-0.2, -0.15) is 0 Å². The van der Waals surface area contributed by atoms with Crippen LogP contribution in [-0.4, -0.2) is 55.2 Å². The van der Waals surface area contributed by atoms with E-state index in [2.05, 4.69) is 10.2 Å². The Balaban J connectivity index is 1.97. The molecule has 2 fully saturated rings. The van der Waals surface area contributed by atoms with Gasteiger partial charge in [0.2, 0.25) is 5.91 Å². The summed E-state index contributed by atoms with van der Waals surface area (Å²) in [5.41, 5.74) is 5.19. The number of primary amides is 1. The van der Waals surface area contributed by atoms with E-state index in [4.69, 9.17) is 10.5 Å². The second-order valence-electron chi connectivity index (χ2n) is 6.20. The van der Waals surface area contributed by atoms with Crippen LogP contribution >= 0.6 is 0 Å². The number of likely N-dealkylation sites (tertiary alicyclic amines) is 1. The molecule has 0 aromatic carbocycles. The van der Waals surface area contributed by atoms with Crippen molar-refractivity contribution < 1.29 is 9.53 Å². The van der Waals surface area contributed by atoms with E-state index in [0.717, 1.165) is 51.7 Å². The van der Waals surface area contributed by atoms with Gasteiger partial charge in [-0.3, -0.25) is 4.79 Å². The number of ether oxygens (including phenoxy) is 1. The zero-order chi connectivity index (χ0) is 14.6. The number of carbonyl (C=O) groups is 1. The Morgan fingerprint density at radius 3 is 2.65 bits per heavy atom. The van der Waals surface area contributed by atoms with Crippen LogP contribution in [0.15, 0.2) is 0 Å². The number of nitrogens with two attached hydrogens (primary N) is 1. The molecule has 0 radical (unpaired) electrons. The molecule has 2 unspecified atom stereocenters. The molecule has 20 heavy (non-hydrogen) atoms. The summed E-state index contributed by atoms with van der Waals surface area (Å²) < 4.78 is 5.43. The Morgan fingerprint density at radius 1 is 1.40 bits per heavy atom. The van der Waals surface area contributed by atoms with E-state index in [0.29, 0.717) is 12.1 Å². The molecule has 3 N–H and O–H groups in total. The minimum atomic E-state index is -0.490. The van der Waals surface area contributed by atoms with Crippen molar-refractivity contribution in [2.24, 2.45) is 5.73 Å². The van der Waals surface area contributed by atoms with Gasteiger partial charge in [-0.25, -0.2) is 0 Å². The molecule has 2 atom stereocenters. The van der Waals surface area contributed by atoms with Gasteiger partial charge < -0.3 is 20.7 Å². The smallest absolute Gasteiger partial charge is 0.237 e. The summed E-state index contributed by atoms with van der Waals surface area (Å²) in [6, 6.07) is 0.480. The lowest BCUT2D eigenvalue weighted by Crippen LogP contribution is -2.61. The number of hydrogen-bond acceptors (Lipinski definition) is 4. The summed E-state index contributed by atoms with van der Waals surface area (Å²) in [5, 5.41) is 3.36. The van der Waals surface area contributed by atoms with Gasteiger partial charge >= 0.3 is 0 Å². The summed E-state index contributed by atoms with van der Waals surface area (Å²) in [6.45, 7) is 4.98. The number of carbonyl (C=O) groups excluding carboxylic acids is 1. The van der Waals surface area contributed by atoms with E-state index in [1.54, 1.807) is 7.11 Å². The van der Waals surface area contributed by atoms with Crippen molar-refractivity contribution in [3.8, 4) is 0 Å². The fourth-order valence-corrected chi connectivity index (χ4v) is 3.84. The molecule has 0 spiro atoms. The first-order chi connectivity index (χ1) is 9.61. The van der Waals surface area contributed by atoms with E-state index in [1.165, 1.54) is 6.42 Å². The Morgan fingerprint density at radius 2 is 2.10 bits per heavy atom. The molecule has 1 saturated heterocycles. The van der Waals surface area contributed by atoms with Crippen LogP contribution in [0.5, 0.6) is 0 Å². The highest BCUT2D eigenvalue weighted by atomic mass is 16.5. The van der Waals surface area contributed by atoms with E-state index in [9.17, 15) is 4.79 Å². The van der Waals surface area contributed by atoms with E-state index >= 15 is 0 Å². The van der Waals surface area contributed by atoms with Crippen molar-refractivity contribution in [2.45, 2.75) is 63.1 Å². The Hall–Kier alpha value is -0.650. The first-order valence-corrected chi connectivity index (χ1v) is 7.93. The first kappa shape index (κ1) is 15.7. The quantitative estimate of drug-likeness (QED) is 0.786. The monoisotopic (exact) mass is 283 g/mol. The molecule has 0 aromatic heterocycles. The van der Waals surface area contributed by atoms with Gasteiger partial charge in [0.05, 0.1) is 11.6 Å². The van der Waals surface area contributed by atoms with Gasteiger partial charge in [-0.15, -0.1) is 0 Å². The third-order valence-corrected chi connectivity index (χ3v) is 5.04. The third kappa shape index (κ3) is 3.32. The van der Waals surface area contributed by atoms with Crippen LogP contribution in [-0.2, 0) is 9.53 Å². The highest BCUT2D eigenvalue weighted by molar-refractivity contribution is 5.84. The summed E-state index contributed by atoms with van der Waals surface area (Å²) in [7, 11) is 1.80. The zero-order valence-electron chi connectivity index (χ0n) is 12.9. The maximum absolute atomic E-state index is 11.9. The fraction of sp³-hybridized carbons (Fsp3) is 0.933. The summed E-state index contributed by atoms with van der Waals surface area (Å²) in [5.74, 6) is -0.184. The summed E-state index contributed by atoms with van der Waals surface area (Å²) in [4.78, 5) is 14.4. The Kier molecular flexibility index (Phi) is 5.41. The predicted molar refractivity (Wildman–Crippen MR) is 79.5 cm³/mol. The normalized spacial score (nSPS) is 33.2. The lowest BCUT2D eigenvalue weighted by molar-refractivity contribution is -0.127. The largest absolute Gasteiger partial charge is 0.381 e. The van der Waals surface area contributed by atoms with Gasteiger partial charge in [0.1, 0.15) is 0 Å². The lowest BCUT2D eigenvalue weighted by atomic mass is 9.77. The number of hydrogen-bond donors (Lipinski definition) is 2. The second-order valence-corrected chi connectivity index (χ2v) is 6.20. The maximum atomic E-state index is 11.9. The number of nitrogens with zero attached hydrogens (tertiary/aromatic N) is 1. The van der Waals surface area contributed by atoms with Crippen molar-refractivity contribution in [3.63, 3.8) is 0 Å². The maximum Gasteiger partial charge on any atom is 0.237 e. The third-order valence-electron chi connectivity index (χ3n) is 5.04. The molecule has 1 aliphatic heterocycles. The SMILES string of the molecule is CCNC1(C(N)=O)CCCC(N2CCC(OC)CC2)C1. The topological polar surface area (TPSA) is 67.6 Å². The van der Waals surface area contributed by atoms with Crippen molar-refractivity contribution >= 4 is 5.91 Å². The highest BCUT2D eigenvalue weighted by Crippen LogP contribution is 2.32. The Bertz CT molecular complexity index is 325.